The lowest BCUT2D eigenvalue weighted by atomic mass is 10.4. The van der Waals surface area contributed by atoms with Crippen LogP contribution in [0, 0.1) is 5.82 Å². The quantitative estimate of drug-likeness (QED) is 0.788. The van der Waals surface area contributed by atoms with Crippen molar-refractivity contribution in [3.05, 3.63) is 28.2 Å². The number of pyridine rings is 1. The third kappa shape index (κ3) is 3.00. The molecule has 0 fully saturated rings. The Morgan fingerprint density at radius 2 is 2.29 bits per heavy atom. The van der Waals surface area contributed by atoms with Crippen molar-refractivity contribution >= 4 is 26.0 Å². The van der Waals surface area contributed by atoms with Crippen LogP contribution in [0.5, 0.6) is 0 Å². The van der Waals surface area contributed by atoms with E-state index in [9.17, 15) is 12.8 Å². The maximum atomic E-state index is 12.7. The summed E-state index contributed by atoms with van der Waals surface area (Å²) >= 11 is 2.92. The maximum absolute atomic E-state index is 12.7. The van der Waals surface area contributed by atoms with Crippen LogP contribution in [0.15, 0.2) is 16.7 Å². The number of rotatable bonds is 3. The fourth-order valence-corrected chi connectivity index (χ4v) is 1.78. The van der Waals surface area contributed by atoms with Crippen LogP contribution in [0.3, 0.4) is 0 Å². The molecule has 7 heteroatoms. The highest BCUT2D eigenvalue weighted by atomic mass is 79.9. The van der Waals surface area contributed by atoms with Gasteiger partial charge >= 0.3 is 0 Å². The molecule has 4 nitrogen and oxygen atoms in total. The molecule has 1 rings (SSSR count). The molecule has 1 aromatic heterocycles. The van der Waals surface area contributed by atoms with Gasteiger partial charge < -0.3 is 0 Å². The maximum Gasteiger partial charge on any atom is 0.272 e. The van der Waals surface area contributed by atoms with Crippen molar-refractivity contribution in [3.8, 4) is 0 Å². The molecule has 0 aliphatic heterocycles. The standard InChI is InChI=1S/C7H7BrFNO3S/c1-13-14(11,12)4-5-2-6(8)7(9)3-10-5/h2-3H,4H2,1H3. The number of hydrogen-bond acceptors (Lipinski definition) is 4. The highest BCUT2D eigenvalue weighted by Gasteiger charge is 2.12. The predicted octanol–water partition coefficient (Wildman–Crippen LogP) is 1.46. The van der Waals surface area contributed by atoms with E-state index in [4.69, 9.17) is 0 Å². The van der Waals surface area contributed by atoms with Crippen molar-refractivity contribution in [2.24, 2.45) is 0 Å². The first-order chi connectivity index (χ1) is 6.44. The second-order valence-electron chi connectivity index (χ2n) is 2.46. The van der Waals surface area contributed by atoms with E-state index in [1.54, 1.807) is 0 Å². The second kappa shape index (κ2) is 4.33. The summed E-state index contributed by atoms with van der Waals surface area (Å²) in [4.78, 5) is 3.61. The first-order valence-corrected chi connectivity index (χ1v) is 5.90. The van der Waals surface area contributed by atoms with Crippen LogP contribution in [0.25, 0.3) is 0 Å². The van der Waals surface area contributed by atoms with Crippen molar-refractivity contribution in [2.75, 3.05) is 7.11 Å². The summed E-state index contributed by atoms with van der Waals surface area (Å²) in [7, 11) is -2.54. The Morgan fingerprint density at radius 1 is 1.64 bits per heavy atom. The first-order valence-electron chi connectivity index (χ1n) is 3.53. The summed E-state index contributed by atoms with van der Waals surface area (Å²) in [6, 6.07) is 1.30. The van der Waals surface area contributed by atoms with E-state index in [2.05, 4.69) is 25.1 Å². The summed E-state index contributed by atoms with van der Waals surface area (Å²) in [5.74, 6) is -0.911. The number of aromatic nitrogens is 1. The fraction of sp³-hybridized carbons (Fsp3) is 0.286. The van der Waals surface area contributed by atoms with Crippen molar-refractivity contribution in [2.45, 2.75) is 5.75 Å². The SMILES string of the molecule is COS(=O)(=O)Cc1cc(Br)c(F)cn1. The summed E-state index contributed by atoms with van der Waals surface area (Å²) < 4.78 is 39.1. The molecule has 0 atom stereocenters. The van der Waals surface area contributed by atoms with E-state index in [0.717, 1.165) is 13.3 Å². The Balaban J connectivity index is 2.94. The monoisotopic (exact) mass is 283 g/mol. The smallest absolute Gasteiger partial charge is 0.272 e. The van der Waals surface area contributed by atoms with Crippen LogP contribution in [0.2, 0.25) is 0 Å². The Hall–Kier alpha value is -0.530. The predicted molar refractivity (Wildman–Crippen MR) is 51.5 cm³/mol. The van der Waals surface area contributed by atoms with Crippen LogP contribution in [-0.2, 0) is 20.1 Å². The van der Waals surface area contributed by atoms with Crippen LogP contribution in [0.4, 0.5) is 4.39 Å². The molecule has 78 valence electrons. The average molecular weight is 284 g/mol. The first kappa shape index (κ1) is 11.5. The summed E-state index contributed by atoms with van der Waals surface area (Å²) in [5.41, 5.74) is 0.222. The molecule has 0 saturated carbocycles. The molecule has 0 spiro atoms. The zero-order chi connectivity index (χ0) is 10.8. The van der Waals surface area contributed by atoms with Gasteiger partial charge in [-0.15, -0.1) is 0 Å². The van der Waals surface area contributed by atoms with E-state index in [-0.39, 0.29) is 15.9 Å². The summed E-state index contributed by atoms with van der Waals surface area (Å²) in [6.45, 7) is 0. The normalized spacial score (nSPS) is 11.6. The van der Waals surface area contributed by atoms with Crippen molar-refractivity contribution in [3.63, 3.8) is 0 Å². The highest BCUT2D eigenvalue weighted by molar-refractivity contribution is 9.10. The van der Waals surface area contributed by atoms with Crippen molar-refractivity contribution in [1.82, 2.24) is 4.98 Å². The number of halogens is 2. The van der Waals surface area contributed by atoms with Gasteiger partial charge in [0.2, 0.25) is 0 Å². The topological polar surface area (TPSA) is 56.3 Å². The molecule has 0 aliphatic rings. The van der Waals surface area contributed by atoms with Crippen LogP contribution in [-0.4, -0.2) is 20.5 Å². The van der Waals surface area contributed by atoms with Gasteiger partial charge in [0, 0.05) is 0 Å². The van der Waals surface area contributed by atoms with E-state index in [1.807, 2.05) is 0 Å². The third-order valence-electron chi connectivity index (χ3n) is 1.44. The van der Waals surface area contributed by atoms with Crippen molar-refractivity contribution < 1.29 is 17.0 Å². The van der Waals surface area contributed by atoms with Gasteiger partial charge in [-0.1, -0.05) is 0 Å². The highest BCUT2D eigenvalue weighted by Crippen LogP contribution is 2.16. The molecular formula is C7H7BrFNO3S. The summed E-state index contributed by atoms with van der Waals surface area (Å²) in [6.07, 6.45) is 0.949. The Morgan fingerprint density at radius 3 is 2.79 bits per heavy atom. The fourth-order valence-electron chi connectivity index (χ4n) is 0.773. The van der Waals surface area contributed by atoms with Gasteiger partial charge in [0.15, 0.2) is 5.82 Å². The van der Waals surface area contributed by atoms with Gasteiger partial charge in [-0.25, -0.2) is 4.39 Å². The van der Waals surface area contributed by atoms with Gasteiger partial charge in [0.1, 0.15) is 5.75 Å². The molecule has 1 heterocycles. The molecular weight excluding hydrogens is 277 g/mol. The van der Waals surface area contributed by atoms with E-state index in [0.29, 0.717) is 0 Å². The molecule has 1 aromatic rings. The van der Waals surface area contributed by atoms with Gasteiger partial charge in [-0.05, 0) is 22.0 Å². The van der Waals surface area contributed by atoms with E-state index >= 15 is 0 Å². The third-order valence-corrected chi connectivity index (χ3v) is 3.21. The van der Waals surface area contributed by atoms with Crippen LogP contribution < -0.4 is 0 Å². The molecule has 0 amide bonds. The lowest BCUT2D eigenvalue weighted by molar-refractivity contribution is 0.396. The van der Waals surface area contributed by atoms with Crippen molar-refractivity contribution in [1.29, 1.82) is 0 Å². The molecule has 0 N–H and O–H groups in total. The minimum atomic E-state index is -3.61. The second-order valence-corrected chi connectivity index (χ2v) is 5.05. The average Bonchev–Trinajstić information content (AvgIpc) is 2.11. The molecule has 0 radical (unpaired) electrons. The van der Waals surface area contributed by atoms with Gasteiger partial charge in [0.25, 0.3) is 10.1 Å². The molecule has 0 bridgehead atoms. The lowest BCUT2D eigenvalue weighted by Gasteiger charge is -2.01. The molecule has 0 aromatic carbocycles. The molecule has 0 unspecified atom stereocenters. The zero-order valence-electron chi connectivity index (χ0n) is 7.20. The minimum Gasteiger partial charge on any atom is -0.273 e. The van der Waals surface area contributed by atoms with Crippen LogP contribution >= 0.6 is 15.9 Å². The molecule has 0 aliphatic carbocycles. The Labute approximate surface area is 89.4 Å². The van der Waals surface area contributed by atoms with Gasteiger partial charge in [-0.3, -0.25) is 9.17 Å². The van der Waals surface area contributed by atoms with Gasteiger partial charge in [-0.2, -0.15) is 8.42 Å². The number of nitrogens with zero attached hydrogens (tertiary/aromatic N) is 1. The van der Waals surface area contributed by atoms with E-state index in [1.165, 1.54) is 6.07 Å². The minimum absolute atomic E-state index is 0.175. The zero-order valence-corrected chi connectivity index (χ0v) is 9.60. The lowest BCUT2D eigenvalue weighted by Crippen LogP contribution is -2.07. The largest absolute Gasteiger partial charge is 0.273 e. The molecule has 14 heavy (non-hydrogen) atoms. The Kier molecular flexibility index (Phi) is 3.57. The van der Waals surface area contributed by atoms with Crippen LogP contribution in [0.1, 0.15) is 5.69 Å². The Bertz CT molecular complexity index is 435. The van der Waals surface area contributed by atoms with E-state index < -0.39 is 15.9 Å². The summed E-state index contributed by atoms with van der Waals surface area (Å²) in [5, 5.41) is 0. The molecule has 0 saturated heterocycles. The number of hydrogen-bond donors (Lipinski definition) is 0. The van der Waals surface area contributed by atoms with Gasteiger partial charge in [0.05, 0.1) is 23.5 Å².